The lowest BCUT2D eigenvalue weighted by Gasteiger charge is -2.38. The Bertz CT molecular complexity index is 1340. The van der Waals surface area contributed by atoms with Gasteiger partial charge in [-0.3, -0.25) is 14.3 Å². The molecule has 0 aliphatic carbocycles. The smallest absolute Gasteiger partial charge is 0.435 e. The van der Waals surface area contributed by atoms with Gasteiger partial charge in [0.25, 0.3) is 5.91 Å². The second kappa shape index (κ2) is 10.3. The molecule has 12 heteroatoms. The Morgan fingerprint density at radius 3 is 2.51 bits per heavy atom. The van der Waals surface area contributed by atoms with Crippen molar-refractivity contribution in [2.75, 3.05) is 27.3 Å². The van der Waals surface area contributed by atoms with E-state index in [0.717, 1.165) is 27.6 Å². The first kappa shape index (κ1) is 26.3. The van der Waals surface area contributed by atoms with E-state index >= 15 is 0 Å². The maximum Gasteiger partial charge on any atom is 0.435 e. The Balaban J connectivity index is 1.64. The van der Waals surface area contributed by atoms with Crippen molar-refractivity contribution in [1.82, 2.24) is 20.0 Å². The van der Waals surface area contributed by atoms with Crippen molar-refractivity contribution in [1.29, 1.82) is 0 Å². The van der Waals surface area contributed by atoms with Gasteiger partial charge in [-0.25, -0.2) is 0 Å². The average Bonchev–Trinajstić information content (AvgIpc) is 3.27. The molecule has 196 valence electrons. The van der Waals surface area contributed by atoms with Crippen LogP contribution in [0.2, 0.25) is 5.02 Å². The lowest BCUT2D eigenvalue weighted by atomic mass is 9.87. The van der Waals surface area contributed by atoms with E-state index in [0.29, 0.717) is 29.5 Å². The first-order chi connectivity index (χ1) is 17.5. The molecule has 1 aliphatic rings. The lowest BCUT2D eigenvalue weighted by molar-refractivity contribution is -0.141. The van der Waals surface area contributed by atoms with Gasteiger partial charge in [0.15, 0.2) is 17.2 Å². The highest BCUT2D eigenvalue weighted by molar-refractivity contribution is 6.30. The Labute approximate surface area is 215 Å². The highest BCUT2D eigenvalue weighted by Gasteiger charge is 2.39. The number of benzene rings is 2. The SMILES string of the molecule is COc1cc2c(cc1OC)C(c1cccc(Cl)c1)N(C(=O)CNC(=O)c1cn(C)nc1C(F)(F)F)CC2. The molecule has 4 rings (SSSR count). The van der Waals surface area contributed by atoms with E-state index < -0.39 is 41.8 Å². The molecule has 0 fully saturated rings. The number of ether oxygens (including phenoxy) is 2. The summed E-state index contributed by atoms with van der Waals surface area (Å²) >= 11 is 6.24. The van der Waals surface area contributed by atoms with Crippen LogP contribution in [0.4, 0.5) is 13.2 Å². The fourth-order valence-electron chi connectivity index (χ4n) is 4.47. The Kier molecular flexibility index (Phi) is 7.35. The number of rotatable bonds is 6. The first-order valence-electron chi connectivity index (χ1n) is 11.2. The van der Waals surface area contributed by atoms with Gasteiger partial charge >= 0.3 is 6.18 Å². The summed E-state index contributed by atoms with van der Waals surface area (Å²) in [4.78, 5) is 27.5. The number of methoxy groups -OCH3 is 2. The number of carbonyl (C=O) groups excluding carboxylic acids is 2. The maximum atomic E-state index is 13.4. The Hall–Kier alpha value is -3.73. The molecular weight excluding hydrogens is 513 g/mol. The second-order valence-corrected chi connectivity index (χ2v) is 8.88. The molecule has 0 spiro atoms. The molecule has 1 unspecified atom stereocenters. The summed E-state index contributed by atoms with van der Waals surface area (Å²) in [6.45, 7) is -0.209. The number of amides is 2. The van der Waals surface area contributed by atoms with Gasteiger partial charge in [0, 0.05) is 24.8 Å². The highest BCUT2D eigenvalue weighted by atomic mass is 35.5. The molecule has 1 N–H and O–H groups in total. The molecule has 8 nitrogen and oxygen atoms in total. The van der Waals surface area contributed by atoms with E-state index in [1.807, 2.05) is 12.1 Å². The third-order valence-corrected chi connectivity index (χ3v) is 6.34. The van der Waals surface area contributed by atoms with Crippen LogP contribution in [-0.2, 0) is 24.4 Å². The van der Waals surface area contributed by atoms with Crippen LogP contribution in [0.15, 0.2) is 42.6 Å². The van der Waals surface area contributed by atoms with Gasteiger partial charge in [-0.1, -0.05) is 23.7 Å². The minimum atomic E-state index is -4.81. The molecule has 2 amide bonds. The molecule has 0 radical (unpaired) electrons. The average molecular weight is 537 g/mol. The number of hydrogen-bond donors (Lipinski definition) is 1. The topological polar surface area (TPSA) is 85.7 Å². The molecule has 37 heavy (non-hydrogen) atoms. The summed E-state index contributed by atoms with van der Waals surface area (Å²) in [6.07, 6.45) is -3.35. The van der Waals surface area contributed by atoms with Crippen LogP contribution in [0, 0.1) is 0 Å². The normalized spacial score (nSPS) is 15.2. The zero-order valence-electron chi connectivity index (χ0n) is 20.2. The van der Waals surface area contributed by atoms with Gasteiger partial charge in [-0.05, 0) is 47.4 Å². The van der Waals surface area contributed by atoms with Gasteiger partial charge in [0.2, 0.25) is 5.91 Å². The highest BCUT2D eigenvalue weighted by Crippen LogP contribution is 2.41. The van der Waals surface area contributed by atoms with Gasteiger partial charge in [0.1, 0.15) is 0 Å². The van der Waals surface area contributed by atoms with Crippen molar-refractivity contribution in [3.63, 3.8) is 0 Å². The quantitative estimate of drug-likeness (QED) is 0.514. The number of hydrogen-bond acceptors (Lipinski definition) is 5. The fraction of sp³-hybridized carbons (Fsp3) is 0.320. The zero-order chi connectivity index (χ0) is 26.9. The van der Waals surface area contributed by atoms with Gasteiger partial charge in [-0.2, -0.15) is 18.3 Å². The standard InChI is InChI=1S/C25H24ClF3N4O4/c1-32-13-18(23(31-32)25(27,28)29)24(35)30-12-21(34)33-8-7-14-10-19(36-2)20(37-3)11-17(14)22(33)15-5-4-6-16(26)9-15/h4-6,9-11,13,22H,7-8,12H2,1-3H3,(H,30,35). The predicted octanol–water partition coefficient (Wildman–Crippen LogP) is 4.01. The Morgan fingerprint density at radius 1 is 1.16 bits per heavy atom. The van der Waals surface area contributed by atoms with E-state index in [1.165, 1.54) is 21.3 Å². The van der Waals surface area contributed by atoms with Crippen LogP contribution >= 0.6 is 11.6 Å². The van der Waals surface area contributed by atoms with Crippen molar-refractivity contribution >= 4 is 23.4 Å². The van der Waals surface area contributed by atoms with Crippen LogP contribution in [-0.4, -0.2) is 53.8 Å². The zero-order valence-corrected chi connectivity index (χ0v) is 21.0. The number of nitrogens with zero attached hydrogens (tertiary/aromatic N) is 3. The van der Waals surface area contributed by atoms with Gasteiger partial charge in [0.05, 0.1) is 32.4 Å². The van der Waals surface area contributed by atoms with E-state index in [9.17, 15) is 22.8 Å². The van der Waals surface area contributed by atoms with Gasteiger partial charge < -0.3 is 19.7 Å². The molecule has 1 aliphatic heterocycles. The van der Waals surface area contributed by atoms with Crippen molar-refractivity contribution in [2.45, 2.75) is 18.6 Å². The van der Waals surface area contributed by atoms with Crippen LogP contribution in [0.5, 0.6) is 11.5 Å². The molecule has 3 aromatic rings. The number of aromatic nitrogens is 2. The summed E-state index contributed by atoms with van der Waals surface area (Å²) in [5.41, 5.74) is 0.491. The van der Waals surface area contributed by atoms with Crippen molar-refractivity contribution in [3.8, 4) is 11.5 Å². The number of aryl methyl sites for hydroxylation is 1. The molecule has 2 aromatic carbocycles. The molecule has 0 bridgehead atoms. The molecular formula is C25H24ClF3N4O4. The largest absolute Gasteiger partial charge is 0.493 e. The summed E-state index contributed by atoms with van der Waals surface area (Å²) < 4.78 is 51.6. The number of alkyl halides is 3. The van der Waals surface area contributed by atoms with Crippen molar-refractivity contribution in [3.05, 3.63) is 75.6 Å². The summed E-state index contributed by atoms with van der Waals surface area (Å²) in [5.74, 6) is -0.490. The molecule has 0 saturated carbocycles. The number of halogens is 4. The molecule has 2 heterocycles. The van der Waals surface area contributed by atoms with Crippen LogP contribution in [0.25, 0.3) is 0 Å². The second-order valence-electron chi connectivity index (χ2n) is 8.45. The van der Waals surface area contributed by atoms with Crippen molar-refractivity contribution in [2.24, 2.45) is 7.05 Å². The summed E-state index contributed by atoms with van der Waals surface area (Å²) in [7, 11) is 4.32. The third kappa shape index (κ3) is 5.36. The molecule has 0 saturated heterocycles. The monoisotopic (exact) mass is 536 g/mol. The van der Waals surface area contributed by atoms with E-state index in [2.05, 4.69) is 10.4 Å². The molecule has 1 atom stereocenters. The number of nitrogens with one attached hydrogen (secondary N) is 1. The van der Waals surface area contributed by atoms with Crippen LogP contribution in [0.3, 0.4) is 0 Å². The van der Waals surface area contributed by atoms with Gasteiger partial charge in [-0.15, -0.1) is 0 Å². The van der Waals surface area contributed by atoms with E-state index in [1.54, 1.807) is 29.2 Å². The first-order valence-corrected chi connectivity index (χ1v) is 11.6. The van der Waals surface area contributed by atoms with Crippen LogP contribution in [0.1, 0.15) is 38.8 Å². The predicted molar refractivity (Wildman–Crippen MR) is 129 cm³/mol. The van der Waals surface area contributed by atoms with E-state index in [-0.39, 0.29) is 0 Å². The van der Waals surface area contributed by atoms with E-state index in [4.69, 9.17) is 21.1 Å². The number of fused-ring (bicyclic) bond motifs is 1. The lowest BCUT2D eigenvalue weighted by Crippen LogP contribution is -2.45. The van der Waals surface area contributed by atoms with Crippen molar-refractivity contribution < 1.29 is 32.2 Å². The fourth-order valence-corrected chi connectivity index (χ4v) is 4.67. The summed E-state index contributed by atoms with van der Waals surface area (Å²) in [6, 6.07) is 10.1. The number of carbonyl (C=O) groups is 2. The minimum absolute atomic E-state index is 0.301. The third-order valence-electron chi connectivity index (χ3n) is 6.10. The molecule has 1 aromatic heterocycles. The Morgan fingerprint density at radius 2 is 1.86 bits per heavy atom. The maximum absolute atomic E-state index is 13.4. The minimum Gasteiger partial charge on any atom is -0.493 e. The summed E-state index contributed by atoms with van der Waals surface area (Å²) in [5, 5.41) is 6.13. The van der Waals surface area contributed by atoms with Crippen LogP contribution < -0.4 is 14.8 Å².